The molecule has 7 rings (SSSR count). The van der Waals surface area contributed by atoms with Gasteiger partial charge in [0.2, 0.25) is 0 Å². The Bertz CT molecular complexity index is 1680. The van der Waals surface area contributed by atoms with E-state index in [1.165, 1.54) is 4.88 Å². The minimum atomic E-state index is 0.0339. The van der Waals surface area contributed by atoms with E-state index < -0.39 is 0 Å². The topological polar surface area (TPSA) is 105 Å². The first-order valence-corrected chi connectivity index (χ1v) is 14.5. The molecular formula is C29H30N8O2S. The minimum absolute atomic E-state index is 0.0339. The summed E-state index contributed by atoms with van der Waals surface area (Å²) in [4.78, 5) is 33.0. The quantitative estimate of drug-likeness (QED) is 0.338. The zero-order chi connectivity index (χ0) is 26.9. The molecule has 0 atom stereocenters. The third-order valence-electron chi connectivity index (χ3n) is 7.59. The monoisotopic (exact) mass is 554 g/mol. The summed E-state index contributed by atoms with van der Waals surface area (Å²) in [5, 5.41) is 8.31. The van der Waals surface area contributed by atoms with Crippen LogP contribution in [0.3, 0.4) is 0 Å². The van der Waals surface area contributed by atoms with Gasteiger partial charge in [-0.3, -0.25) is 19.4 Å². The van der Waals surface area contributed by atoms with Crippen molar-refractivity contribution in [3.05, 3.63) is 65.7 Å². The molecule has 0 spiro atoms. The average molecular weight is 555 g/mol. The number of imidazole rings is 1. The summed E-state index contributed by atoms with van der Waals surface area (Å²) in [5.74, 6) is 1.74. The number of benzene rings is 1. The van der Waals surface area contributed by atoms with Crippen molar-refractivity contribution < 1.29 is 9.53 Å². The van der Waals surface area contributed by atoms with Gasteiger partial charge in [-0.15, -0.1) is 11.3 Å². The molecule has 1 N–H and O–H groups in total. The molecule has 1 saturated heterocycles. The number of hydrogen-bond donors (Lipinski definition) is 1. The number of ether oxygens (including phenoxy) is 1. The van der Waals surface area contributed by atoms with Crippen molar-refractivity contribution in [3.63, 3.8) is 0 Å². The highest BCUT2D eigenvalue weighted by Gasteiger charge is 2.22. The lowest BCUT2D eigenvalue weighted by Crippen LogP contribution is -2.36. The molecule has 40 heavy (non-hydrogen) atoms. The zero-order valence-corrected chi connectivity index (χ0v) is 22.9. The zero-order valence-electron chi connectivity index (χ0n) is 22.1. The van der Waals surface area contributed by atoms with E-state index in [2.05, 4.69) is 43.2 Å². The maximum atomic E-state index is 12.8. The Morgan fingerprint density at radius 1 is 1.12 bits per heavy atom. The number of anilines is 1. The SMILES string of the molecule is O=C(C1=CCCN(Cc2cc3nc(-c4cccc5[nH]ncc45)nc(N4CCOCC4)c3s2)CCC1)n1ccnc1. The fourth-order valence-electron chi connectivity index (χ4n) is 5.56. The van der Waals surface area contributed by atoms with Crippen molar-refractivity contribution in [2.24, 2.45) is 0 Å². The second-order valence-electron chi connectivity index (χ2n) is 10.2. The minimum Gasteiger partial charge on any atom is -0.378 e. The van der Waals surface area contributed by atoms with Gasteiger partial charge < -0.3 is 9.64 Å². The summed E-state index contributed by atoms with van der Waals surface area (Å²) in [5.41, 5.74) is 3.81. The Labute approximate surface area is 235 Å². The lowest BCUT2D eigenvalue weighted by Gasteiger charge is -2.28. The van der Waals surface area contributed by atoms with Gasteiger partial charge in [-0.1, -0.05) is 18.2 Å². The number of aromatic amines is 1. The Balaban J connectivity index is 1.17. The first kappa shape index (κ1) is 25.1. The van der Waals surface area contributed by atoms with Gasteiger partial charge in [0.1, 0.15) is 6.33 Å². The molecule has 0 amide bonds. The number of carbonyl (C=O) groups is 1. The Kier molecular flexibility index (Phi) is 6.84. The van der Waals surface area contributed by atoms with Gasteiger partial charge in [-0.25, -0.2) is 15.0 Å². The molecule has 0 saturated carbocycles. The van der Waals surface area contributed by atoms with E-state index in [1.54, 1.807) is 34.6 Å². The van der Waals surface area contributed by atoms with Crippen LogP contribution in [0.1, 0.15) is 28.9 Å². The lowest BCUT2D eigenvalue weighted by molar-refractivity contribution is 0.0948. The number of morpholine rings is 1. The van der Waals surface area contributed by atoms with Gasteiger partial charge in [0.25, 0.3) is 5.91 Å². The number of fused-ring (bicyclic) bond motifs is 2. The molecule has 204 valence electrons. The summed E-state index contributed by atoms with van der Waals surface area (Å²) >= 11 is 1.79. The molecule has 2 aliphatic rings. The number of carbonyl (C=O) groups excluding carboxylic acids is 1. The highest BCUT2D eigenvalue weighted by atomic mass is 32.1. The number of H-pyrrole nitrogens is 1. The van der Waals surface area contributed by atoms with Crippen LogP contribution in [0, 0.1) is 0 Å². The molecule has 1 fully saturated rings. The van der Waals surface area contributed by atoms with Crippen molar-refractivity contribution in [3.8, 4) is 11.4 Å². The van der Waals surface area contributed by atoms with Crippen LogP contribution in [-0.4, -0.2) is 79.9 Å². The van der Waals surface area contributed by atoms with Crippen LogP contribution in [0.5, 0.6) is 0 Å². The third-order valence-corrected chi connectivity index (χ3v) is 8.70. The van der Waals surface area contributed by atoms with Crippen molar-refractivity contribution in [1.29, 1.82) is 0 Å². The second kappa shape index (κ2) is 10.9. The molecule has 6 heterocycles. The van der Waals surface area contributed by atoms with Gasteiger partial charge in [0.15, 0.2) is 11.6 Å². The number of thiophene rings is 1. The van der Waals surface area contributed by atoms with Crippen molar-refractivity contribution in [1.82, 2.24) is 34.6 Å². The van der Waals surface area contributed by atoms with Gasteiger partial charge in [-0.2, -0.15) is 5.10 Å². The van der Waals surface area contributed by atoms with Crippen LogP contribution in [0.25, 0.3) is 32.5 Å². The fourth-order valence-corrected chi connectivity index (χ4v) is 6.72. The first-order valence-electron chi connectivity index (χ1n) is 13.7. The van der Waals surface area contributed by atoms with Gasteiger partial charge in [0.05, 0.1) is 35.1 Å². The number of nitrogens with zero attached hydrogens (tertiary/aromatic N) is 7. The van der Waals surface area contributed by atoms with E-state index >= 15 is 0 Å². The molecular weight excluding hydrogens is 524 g/mol. The van der Waals surface area contributed by atoms with Gasteiger partial charge in [-0.05, 0) is 37.9 Å². The number of rotatable bonds is 5. The lowest BCUT2D eigenvalue weighted by atomic mass is 10.1. The number of allylic oxidation sites excluding steroid dienone is 1. The van der Waals surface area contributed by atoms with Crippen LogP contribution < -0.4 is 4.90 Å². The molecule has 5 aromatic rings. The molecule has 0 unspecified atom stereocenters. The average Bonchev–Trinajstić information content (AvgIpc) is 3.74. The molecule has 0 aliphatic carbocycles. The number of aromatic nitrogens is 6. The van der Waals surface area contributed by atoms with E-state index in [4.69, 9.17) is 14.7 Å². The van der Waals surface area contributed by atoms with E-state index in [9.17, 15) is 4.79 Å². The molecule has 11 heteroatoms. The van der Waals surface area contributed by atoms with E-state index in [1.807, 2.05) is 18.3 Å². The van der Waals surface area contributed by atoms with Crippen LogP contribution >= 0.6 is 11.3 Å². The number of hydrogen-bond acceptors (Lipinski definition) is 9. The highest BCUT2D eigenvalue weighted by Crippen LogP contribution is 2.36. The number of nitrogens with one attached hydrogen (secondary N) is 1. The predicted molar refractivity (Wildman–Crippen MR) is 156 cm³/mol. The van der Waals surface area contributed by atoms with Crippen molar-refractivity contribution in [2.45, 2.75) is 25.8 Å². The van der Waals surface area contributed by atoms with E-state index in [0.717, 1.165) is 95.9 Å². The Morgan fingerprint density at radius 2 is 2.05 bits per heavy atom. The molecule has 0 bridgehead atoms. The molecule has 1 aromatic carbocycles. The second-order valence-corrected chi connectivity index (χ2v) is 11.3. The first-order chi connectivity index (χ1) is 19.7. The summed E-state index contributed by atoms with van der Waals surface area (Å²) < 4.78 is 8.33. The smallest absolute Gasteiger partial charge is 0.258 e. The Morgan fingerprint density at radius 3 is 2.92 bits per heavy atom. The maximum Gasteiger partial charge on any atom is 0.258 e. The normalized spacial score (nSPS) is 17.2. The molecule has 2 aliphatic heterocycles. The summed E-state index contributed by atoms with van der Waals surface area (Å²) in [7, 11) is 0. The van der Waals surface area contributed by atoms with E-state index in [0.29, 0.717) is 13.2 Å². The third kappa shape index (κ3) is 4.91. The van der Waals surface area contributed by atoms with Crippen molar-refractivity contribution >= 4 is 44.2 Å². The van der Waals surface area contributed by atoms with Gasteiger partial charge >= 0.3 is 0 Å². The van der Waals surface area contributed by atoms with Crippen LogP contribution in [-0.2, 0) is 11.3 Å². The van der Waals surface area contributed by atoms with Crippen LogP contribution in [0.15, 0.2) is 60.8 Å². The maximum absolute atomic E-state index is 12.8. The summed E-state index contributed by atoms with van der Waals surface area (Å²) in [6.45, 7) is 5.73. The molecule has 0 radical (unpaired) electrons. The largest absolute Gasteiger partial charge is 0.378 e. The summed E-state index contributed by atoms with van der Waals surface area (Å²) in [6, 6.07) is 8.33. The van der Waals surface area contributed by atoms with Crippen LogP contribution in [0.4, 0.5) is 5.82 Å². The fraction of sp³-hybridized carbons (Fsp3) is 0.345. The molecule has 10 nitrogen and oxygen atoms in total. The highest BCUT2D eigenvalue weighted by molar-refractivity contribution is 7.19. The standard InChI is InChI=1S/C29H30N8O2S/c38-29(37-11-8-30-19-37)20-4-2-9-35(10-3-5-20)18-21-16-25-26(40-21)28(36-12-14-39-15-13-36)33-27(32-25)22-6-1-7-24-23(22)17-31-34-24/h1,4,6-8,11,16-17,19H,2-3,5,9-10,12-15,18H2,(H,31,34). The summed E-state index contributed by atoms with van der Waals surface area (Å²) in [6.07, 6.45) is 11.4. The molecule has 4 aromatic heterocycles. The van der Waals surface area contributed by atoms with Crippen LogP contribution in [0.2, 0.25) is 0 Å². The van der Waals surface area contributed by atoms with Crippen molar-refractivity contribution in [2.75, 3.05) is 44.3 Å². The van der Waals surface area contributed by atoms with E-state index in [-0.39, 0.29) is 5.91 Å². The Hall–Kier alpha value is -3.93. The predicted octanol–water partition coefficient (Wildman–Crippen LogP) is 4.52. The van der Waals surface area contributed by atoms with Gasteiger partial charge in [0, 0.05) is 60.0 Å².